The van der Waals surface area contributed by atoms with Crippen molar-refractivity contribution in [2.24, 2.45) is 0 Å². The number of aromatic amines is 2. The molecule has 2 N–H and O–H groups in total. The van der Waals surface area contributed by atoms with Crippen molar-refractivity contribution in [3.8, 4) is 11.3 Å². The molecule has 0 unspecified atom stereocenters. The molecule has 0 fully saturated rings. The normalized spacial score (nSPS) is 10.4. The van der Waals surface area contributed by atoms with Crippen molar-refractivity contribution in [2.75, 3.05) is 0 Å². The molecule has 72 valence electrons. The smallest absolute Gasteiger partial charge is 0.267 e. The van der Waals surface area contributed by atoms with Crippen LogP contribution in [0, 0.1) is 0 Å². The molecule has 2 aromatic rings. The second-order valence-corrected chi connectivity index (χ2v) is 3.15. The van der Waals surface area contributed by atoms with E-state index in [1.165, 1.54) is 0 Å². The number of hydrogen-bond donors (Lipinski definition) is 2. The Morgan fingerprint density at radius 3 is 2.50 bits per heavy atom. The molecule has 1 heterocycles. The molecule has 0 aliphatic carbocycles. The molecule has 1 aromatic heterocycles. The highest BCUT2D eigenvalue weighted by Gasteiger charge is 2.08. The van der Waals surface area contributed by atoms with Gasteiger partial charge in [0.1, 0.15) is 0 Å². The van der Waals surface area contributed by atoms with Gasteiger partial charge < -0.3 is 0 Å². The molecule has 0 aliphatic heterocycles. The van der Waals surface area contributed by atoms with E-state index in [9.17, 15) is 4.79 Å². The van der Waals surface area contributed by atoms with Crippen LogP contribution in [0.15, 0.2) is 35.1 Å². The Bertz CT molecular complexity index is 468. The topological polar surface area (TPSA) is 48.6 Å². The van der Waals surface area contributed by atoms with E-state index in [0.29, 0.717) is 0 Å². The second kappa shape index (κ2) is 3.54. The molecule has 0 radical (unpaired) electrons. The van der Waals surface area contributed by atoms with E-state index in [0.717, 1.165) is 23.2 Å². The maximum atomic E-state index is 11.4. The van der Waals surface area contributed by atoms with Crippen molar-refractivity contribution >= 4 is 0 Å². The zero-order valence-electron chi connectivity index (χ0n) is 8.00. The zero-order chi connectivity index (χ0) is 9.97. The van der Waals surface area contributed by atoms with Gasteiger partial charge in [0.2, 0.25) is 0 Å². The van der Waals surface area contributed by atoms with E-state index in [-0.39, 0.29) is 5.56 Å². The summed E-state index contributed by atoms with van der Waals surface area (Å²) in [5.41, 5.74) is 2.74. The minimum absolute atomic E-state index is 0.0219. The minimum Gasteiger partial charge on any atom is -0.297 e. The molecule has 0 aliphatic rings. The molecule has 0 bridgehead atoms. The van der Waals surface area contributed by atoms with Crippen molar-refractivity contribution in [2.45, 2.75) is 13.3 Å². The molecule has 0 saturated carbocycles. The van der Waals surface area contributed by atoms with E-state index >= 15 is 0 Å². The maximum absolute atomic E-state index is 11.4. The molecule has 3 heteroatoms. The lowest BCUT2D eigenvalue weighted by atomic mass is 10.1. The highest BCUT2D eigenvalue weighted by Crippen LogP contribution is 2.18. The predicted octanol–water partition coefficient (Wildman–Crippen LogP) is 1.93. The Balaban J connectivity index is 2.57. The van der Waals surface area contributed by atoms with Crippen LogP contribution in [-0.2, 0) is 6.42 Å². The molecule has 0 atom stereocenters. The van der Waals surface area contributed by atoms with Crippen LogP contribution in [0.2, 0.25) is 0 Å². The summed E-state index contributed by atoms with van der Waals surface area (Å²) < 4.78 is 0. The minimum atomic E-state index is -0.0219. The monoisotopic (exact) mass is 188 g/mol. The Labute approximate surface area is 81.8 Å². The fraction of sp³-hybridized carbons (Fsp3) is 0.182. The van der Waals surface area contributed by atoms with E-state index in [1.54, 1.807) is 0 Å². The Kier molecular flexibility index (Phi) is 2.23. The lowest BCUT2D eigenvalue weighted by molar-refractivity contribution is 1.05. The Hall–Kier alpha value is -1.77. The first-order chi connectivity index (χ1) is 6.83. The van der Waals surface area contributed by atoms with E-state index < -0.39 is 0 Å². The van der Waals surface area contributed by atoms with Gasteiger partial charge in [-0.3, -0.25) is 15.0 Å². The lowest BCUT2D eigenvalue weighted by Gasteiger charge is -1.98. The first-order valence-corrected chi connectivity index (χ1v) is 4.68. The summed E-state index contributed by atoms with van der Waals surface area (Å²) in [7, 11) is 0. The first kappa shape index (κ1) is 8.81. The van der Waals surface area contributed by atoms with Gasteiger partial charge in [0.25, 0.3) is 5.56 Å². The quantitative estimate of drug-likeness (QED) is 0.743. The number of benzene rings is 1. The van der Waals surface area contributed by atoms with Gasteiger partial charge in [-0.05, 0) is 12.0 Å². The summed E-state index contributed by atoms with van der Waals surface area (Å²) in [6, 6.07) is 9.84. The summed E-state index contributed by atoms with van der Waals surface area (Å²) in [4.78, 5) is 11.4. The number of H-pyrrole nitrogens is 2. The summed E-state index contributed by atoms with van der Waals surface area (Å²) in [6.07, 6.45) is 0.739. The summed E-state index contributed by atoms with van der Waals surface area (Å²) in [6.45, 7) is 1.98. The number of nitrogens with one attached hydrogen (secondary N) is 2. The standard InChI is InChI=1S/C11H12N2O/c1-2-9-10(12-13-11(9)14)8-6-4-3-5-7-8/h3-7H,2H2,1H3,(H2,12,13,14). The van der Waals surface area contributed by atoms with Crippen LogP contribution in [-0.4, -0.2) is 10.2 Å². The summed E-state index contributed by atoms with van der Waals surface area (Å²) >= 11 is 0. The largest absolute Gasteiger partial charge is 0.297 e. The third-order valence-corrected chi connectivity index (χ3v) is 2.29. The third kappa shape index (κ3) is 1.37. The molecule has 2 rings (SSSR count). The maximum Gasteiger partial charge on any atom is 0.267 e. The third-order valence-electron chi connectivity index (χ3n) is 2.29. The molecule has 0 spiro atoms. The predicted molar refractivity (Wildman–Crippen MR) is 56.2 cm³/mol. The zero-order valence-corrected chi connectivity index (χ0v) is 8.00. The Morgan fingerprint density at radius 1 is 1.14 bits per heavy atom. The van der Waals surface area contributed by atoms with Gasteiger partial charge in [-0.15, -0.1) is 0 Å². The molecule has 0 saturated heterocycles. The summed E-state index contributed by atoms with van der Waals surface area (Å²) in [5.74, 6) is 0. The molecule has 3 nitrogen and oxygen atoms in total. The van der Waals surface area contributed by atoms with Crippen LogP contribution in [0.3, 0.4) is 0 Å². The van der Waals surface area contributed by atoms with E-state index in [2.05, 4.69) is 10.2 Å². The summed E-state index contributed by atoms with van der Waals surface area (Å²) in [5, 5.41) is 5.51. The Morgan fingerprint density at radius 2 is 1.86 bits per heavy atom. The number of hydrogen-bond acceptors (Lipinski definition) is 1. The van der Waals surface area contributed by atoms with Crippen molar-refractivity contribution in [1.29, 1.82) is 0 Å². The van der Waals surface area contributed by atoms with Gasteiger partial charge in [0.15, 0.2) is 0 Å². The average molecular weight is 188 g/mol. The van der Waals surface area contributed by atoms with E-state index in [4.69, 9.17) is 0 Å². The molecule has 0 amide bonds. The van der Waals surface area contributed by atoms with Gasteiger partial charge in [-0.25, -0.2) is 0 Å². The van der Waals surface area contributed by atoms with Crippen molar-refractivity contribution in [3.05, 3.63) is 46.2 Å². The van der Waals surface area contributed by atoms with E-state index in [1.807, 2.05) is 37.3 Å². The molecular formula is C11H12N2O. The van der Waals surface area contributed by atoms with Crippen LogP contribution < -0.4 is 5.56 Å². The SMILES string of the molecule is CCc1c(-c2ccccc2)[nH][nH]c1=O. The van der Waals surface area contributed by atoms with Gasteiger partial charge in [0, 0.05) is 5.56 Å². The average Bonchev–Trinajstić information content (AvgIpc) is 2.61. The molecule has 1 aromatic carbocycles. The van der Waals surface area contributed by atoms with Crippen LogP contribution >= 0.6 is 0 Å². The van der Waals surface area contributed by atoms with Gasteiger partial charge in [-0.1, -0.05) is 37.3 Å². The molecule has 14 heavy (non-hydrogen) atoms. The van der Waals surface area contributed by atoms with Crippen LogP contribution in [0.4, 0.5) is 0 Å². The van der Waals surface area contributed by atoms with Gasteiger partial charge in [-0.2, -0.15) is 0 Å². The van der Waals surface area contributed by atoms with Gasteiger partial charge >= 0.3 is 0 Å². The molecular weight excluding hydrogens is 176 g/mol. The first-order valence-electron chi connectivity index (χ1n) is 4.68. The van der Waals surface area contributed by atoms with Crippen LogP contribution in [0.5, 0.6) is 0 Å². The van der Waals surface area contributed by atoms with Crippen LogP contribution in [0.1, 0.15) is 12.5 Å². The lowest BCUT2D eigenvalue weighted by Crippen LogP contribution is -2.04. The van der Waals surface area contributed by atoms with Crippen molar-refractivity contribution in [1.82, 2.24) is 10.2 Å². The fourth-order valence-electron chi connectivity index (χ4n) is 1.57. The second-order valence-electron chi connectivity index (χ2n) is 3.15. The van der Waals surface area contributed by atoms with Crippen molar-refractivity contribution < 1.29 is 0 Å². The highest BCUT2D eigenvalue weighted by molar-refractivity contribution is 5.62. The van der Waals surface area contributed by atoms with Crippen molar-refractivity contribution in [3.63, 3.8) is 0 Å². The number of rotatable bonds is 2. The van der Waals surface area contributed by atoms with Gasteiger partial charge in [0.05, 0.1) is 5.69 Å². The highest BCUT2D eigenvalue weighted by atomic mass is 16.1. The fourth-order valence-corrected chi connectivity index (χ4v) is 1.57. The van der Waals surface area contributed by atoms with Crippen LogP contribution in [0.25, 0.3) is 11.3 Å². The number of aromatic nitrogens is 2.